The summed E-state index contributed by atoms with van der Waals surface area (Å²) in [7, 11) is 0. The highest BCUT2D eigenvalue weighted by Crippen LogP contribution is 2.35. The Morgan fingerprint density at radius 1 is 1.20 bits per heavy atom. The number of rotatable bonds is 3. The fourth-order valence-corrected chi connectivity index (χ4v) is 4.31. The molecule has 3 heterocycles. The van der Waals surface area contributed by atoms with Crippen molar-refractivity contribution < 1.29 is 18.8 Å². The summed E-state index contributed by atoms with van der Waals surface area (Å²) in [5, 5.41) is 1.54. The average molecular weight is 348 g/mol. The van der Waals surface area contributed by atoms with Crippen molar-refractivity contribution in [1.29, 1.82) is 0 Å². The van der Waals surface area contributed by atoms with E-state index < -0.39 is 0 Å². The molecule has 136 valence electrons. The van der Waals surface area contributed by atoms with E-state index in [1.54, 1.807) is 11.1 Å². The molecule has 0 aromatic heterocycles. The molecule has 3 saturated heterocycles. The first-order chi connectivity index (χ1) is 12.2. The van der Waals surface area contributed by atoms with Crippen LogP contribution in [0.15, 0.2) is 24.3 Å². The second kappa shape index (κ2) is 7.40. The number of fused-ring (bicyclic) bond motifs is 1. The molecule has 3 aliphatic rings. The predicted octanol–water partition coefficient (Wildman–Crippen LogP) is 2.22. The van der Waals surface area contributed by atoms with Gasteiger partial charge in [0, 0.05) is 43.6 Å². The molecular formula is C19H25FN2O3. The van der Waals surface area contributed by atoms with E-state index in [-0.39, 0.29) is 29.7 Å². The second-order valence-corrected chi connectivity index (χ2v) is 7.21. The van der Waals surface area contributed by atoms with Gasteiger partial charge in [0.05, 0.1) is 19.3 Å². The van der Waals surface area contributed by atoms with Gasteiger partial charge in [-0.2, -0.15) is 0 Å². The molecule has 0 N–H and O–H groups in total. The molecule has 1 amide bonds. The number of carbonyl (C=O) groups excluding carboxylic acids is 1. The Hall–Kier alpha value is -1.50. The van der Waals surface area contributed by atoms with Crippen molar-refractivity contribution in [3.05, 3.63) is 35.6 Å². The number of ether oxygens (including phenoxy) is 1. The Bertz CT molecular complexity index is 620. The standard InChI is InChI=1S/C19H25FN2O3/c20-17-5-2-1-4-14(17)12-21-9-6-18-16(13-21)15(7-11-24-18)19(23)22-8-3-10-25-22/h1-2,4-5,15-16,18H,3,6-13H2/t15-,16+,18-/m1/s1. The number of hydroxylamine groups is 2. The number of piperidine rings is 1. The number of nitrogens with zero attached hydrogens (tertiary/aromatic N) is 2. The summed E-state index contributed by atoms with van der Waals surface area (Å²) in [4.78, 5) is 20.6. The van der Waals surface area contributed by atoms with Crippen LogP contribution in [0.2, 0.25) is 0 Å². The minimum absolute atomic E-state index is 0.0553. The van der Waals surface area contributed by atoms with Crippen LogP contribution >= 0.6 is 0 Å². The van der Waals surface area contributed by atoms with Crippen molar-refractivity contribution in [3.63, 3.8) is 0 Å². The van der Waals surface area contributed by atoms with E-state index in [9.17, 15) is 9.18 Å². The van der Waals surface area contributed by atoms with E-state index in [1.807, 2.05) is 12.1 Å². The molecule has 0 saturated carbocycles. The van der Waals surface area contributed by atoms with Crippen LogP contribution in [0.4, 0.5) is 4.39 Å². The number of hydrogen-bond acceptors (Lipinski definition) is 4. The van der Waals surface area contributed by atoms with Crippen molar-refractivity contribution in [2.75, 3.05) is 32.8 Å². The summed E-state index contributed by atoms with van der Waals surface area (Å²) < 4.78 is 19.9. The van der Waals surface area contributed by atoms with E-state index >= 15 is 0 Å². The molecule has 3 atom stereocenters. The predicted molar refractivity (Wildman–Crippen MR) is 89.9 cm³/mol. The monoisotopic (exact) mass is 348 g/mol. The number of likely N-dealkylation sites (tertiary alicyclic amines) is 1. The van der Waals surface area contributed by atoms with Crippen LogP contribution < -0.4 is 0 Å². The van der Waals surface area contributed by atoms with E-state index in [4.69, 9.17) is 9.57 Å². The Kier molecular flexibility index (Phi) is 5.01. The van der Waals surface area contributed by atoms with E-state index in [0.29, 0.717) is 31.9 Å². The number of benzene rings is 1. The maximum Gasteiger partial charge on any atom is 0.249 e. The maximum atomic E-state index is 14.0. The summed E-state index contributed by atoms with van der Waals surface area (Å²) in [6.07, 6.45) is 2.67. The topological polar surface area (TPSA) is 42.0 Å². The molecule has 1 aromatic rings. The van der Waals surface area contributed by atoms with Crippen LogP contribution in [-0.2, 0) is 20.9 Å². The SMILES string of the molecule is O=C([C@@H]1CCO[C@@H]2CCN(Cc3ccccc3F)C[C@H]21)N1CCCO1. The maximum absolute atomic E-state index is 14.0. The number of carbonyl (C=O) groups is 1. The third kappa shape index (κ3) is 3.57. The van der Waals surface area contributed by atoms with Crippen LogP contribution in [0.5, 0.6) is 0 Å². The fraction of sp³-hybridized carbons (Fsp3) is 0.632. The molecule has 4 rings (SSSR count). The fourth-order valence-electron chi connectivity index (χ4n) is 4.31. The van der Waals surface area contributed by atoms with Gasteiger partial charge in [-0.1, -0.05) is 18.2 Å². The van der Waals surface area contributed by atoms with Crippen molar-refractivity contribution in [2.45, 2.75) is 31.9 Å². The van der Waals surface area contributed by atoms with Gasteiger partial charge in [-0.05, 0) is 25.3 Å². The van der Waals surface area contributed by atoms with Gasteiger partial charge in [0.1, 0.15) is 5.82 Å². The van der Waals surface area contributed by atoms with Crippen molar-refractivity contribution in [3.8, 4) is 0 Å². The van der Waals surface area contributed by atoms with Gasteiger partial charge in [0.25, 0.3) is 0 Å². The van der Waals surface area contributed by atoms with Gasteiger partial charge in [-0.15, -0.1) is 0 Å². The zero-order chi connectivity index (χ0) is 17.2. The molecule has 0 bridgehead atoms. The lowest BCUT2D eigenvalue weighted by Gasteiger charge is -2.45. The third-order valence-corrected chi connectivity index (χ3v) is 5.62. The van der Waals surface area contributed by atoms with Gasteiger partial charge >= 0.3 is 0 Å². The highest BCUT2D eigenvalue weighted by molar-refractivity contribution is 5.78. The highest BCUT2D eigenvalue weighted by Gasteiger charge is 2.43. The zero-order valence-electron chi connectivity index (χ0n) is 14.4. The van der Waals surface area contributed by atoms with Crippen LogP contribution in [0.1, 0.15) is 24.8 Å². The lowest BCUT2D eigenvalue weighted by molar-refractivity contribution is -0.185. The number of hydrogen-bond donors (Lipinski definition) is 0. The van der Waals surface area contributed by atoms with Gasteiger partial charge in [-0.3, -0.25) is 14.5 Å². The molecule has 5 nitrogen and oxygen atoms in total. The molecule has 0 unspecified atom stereocenters. The van der Waals surface area contributed by atoms with Gasteiger partial charge in [-0.25, -0.2) is 9.45 Å². The largest absolute Gasteiger partial charge is 0.378 e. The Morgan fingerprint density at radius 2 is 2.08 bits per heavy atom. The van der Waals surface area contributed by atoms with Crippen LogP contribution in [0.3, 0.4) is 0 Å². The van der Waals surface area contributed by atoms with Gasteiger partial charge < -0.3 is 4.74 Å². The quantitative estimate of drug-likeness (QED) is 0.840. The lowest BCUT2D eigenvalue weighted by Crippen LogP contribution is -2.53. The summed E-state index contributed by atoms with van der Waals surface area (Å²) >= 11 is 0. The molecule has 0 aliphatic carbocycles. The van der Waals surface area contributed by atoms with Gasteiger partial charge in [0.15, 0.2) is 0 Å². The second-order valence-electron chi connectivity index (χ2n) is 7.21. The van der Waals surface area contributed by atoms with E-state index in [0.717, 1.165) is 32.4 Å². The minimum atomic E-state index is -0.164. The number of halogens is 1. The van der Waals surface area contributed by atoms with Crippen molar-refractivity contribution >= 4 is 5.91 Å². The van der Waals surface area contributed by atoms with Crippen LogP contribution in [-0.4, -0.2) is 54.8 Å². The van der Waals surface area contributed by atoms with Crippen molar-refractivity contribution in [1.82, 2.24) is 9.96 Å². The summed E-state index contributed by atoms with van der Waals surface area (Å²) in [5.41, 5.74) is 0.712. The molecule has 3 fully saturated rings. The summed E-state index contributed by atoms with van der Waals surface area (Å²) in [5.74, 6) is 0.0393. The highest BCUT2D eigenvalue weighted by atomic mass is 19.1. The van der Waals surface area contributed by atoms with Crippen molar-refractivity contribution in [2.24, 2.45) is 11.8 Å². The van der Waals surface area contributed by atoms with Crippen LogP contribution in [0.25, 0.3) is 0 Å². The lowest BCUT2D eigenvalue weighted by atomic mass is 9.78. The zero-order valence-corrected chi connectivity index (χ0v) is 14.4. The average Bonchev–Trinajstić information content (AvgIpc) is 3.17. The molecule has 25 heavy (non-hydrogen) atoms. The van der Waals surface area contributed by atoms with Crippen LogP contribution in [0, 0.1) is 17.7 Å². The molecule has 6 heteroatoms. The van der Waals surface area contributed by atoms with E-state index in [1.165, 1.54) is 6.07 Å². The Labute approximate surface area is 147 Å². The Balaban J connectivity index is 1.45. The Morgan fingerprint density at radius 3 is 2.88 bits per heavy atom. The first-order valence-electron chi connectivity index (χ1n) is 9.24. The van der Waals surface area contributed by atoms with E-state index in [2.05, 4.69) is 4.90 Å². The molecule has 0 radical (unpaired) electrons. The third-order valence-electron chi connectivity index (χ3n) is 5.62. The van der Waals surface area contributed by atoms with Gasteiger partial charge in [0.2, 0.25) is 5.91 Å². The molecular weight excluding hydrogens is 323 g/mol. The number of amides is 1. The normalized spacial score (nSPS) is 30.3. The first kappa shape index (κ1) is 16.9. The summed E-state index contributed by atoms with van der Waals surface area (Å²) in [6.45, 7) is 4.17. The smallest absolute Gasteiger partial charge is 0.249 e. The first-order valence-corrected chi connectivity index (χ1v) is 9.24. The summed E-state index contributed by atoms with van der Waals surface area (Å²) in [6, 6.07) is 6.92. The molecule has 1 aromatic carbocycles. The minimum Gasteiger partial charge on any atom is -0.378 e. The molecule has 3 aliphatic heterocycles. The molecule has 0 spiro atoms.